The van der Waals surface area contributed by atoms with E-state index in [1.165, 1.54) is 4.31 Å². The van der Waals surface area contributed by atoms with Crippen molar-refractivity contribution in [2.24, 2.45) is 0 Å². The third kappa shape index (κ3) is 4.74. The number of anilines is 2. The predicted octanol–water partition coefficient (Wildman–Crippen LogP) is 4.57. The standard InChI is InChI=1S/C28H28N2O5S/c1-20-2-9-26(10-3-20)36(33,34)30-13-12-23(28(31)32)19-24-18-22(6-11-27(24)30)21-4-7-25(8-5-21)29-14-16-35-17-15-29/h2-11,18-19H,12-17H2,1H3,(H,31,32). The van der Waals surface area contributed by atoms with Crippen LogP contribution in [0.4, 0.5) is 11.4 Å². The Bertz CT molecular complexity index is 1410. The summed E-state index contributed by atoms with van der Waals surface area (Å²) < 4.78 is 33.9. The number of aryl methyl sites for hydroxylation is 1. The van der Waals surface area contributed by atoms with Crippen molar-refractivity contribution >= 4 is 33.4 Å². The number of benzene rings is 3. The first-order valence-corrected chi connectivity index (χ1v) is 13.4. The Morgan fingerprint density at radius 2 is 1.56 bits per heavy atom. The Kier molecular flexibility index (Phi) is 6.55. The molecule has 1 fully saturated rings. The van der Waals surface area contributed by atoms with Gasteiger partial charge < -0.3 is 14.7 Å². The molecule has 1 saturated heterocycles. The summed E-state index contributed by atoms with van der Waals surface area (Å²) in [6.07, 6.45) is 1.70. The van der Waals surface area contributed by atoms with Gasteiger partial charge in [0.1, 0.15) is 0 Å². The number of carboxylic acid groups (broad SMARTS) is 1. The van der Waals surface area contributed by atoms with E-state index in [2.05, 4.69) is 17.0 Å². The number of carboxylic acids is 1. The van der Waals surface area contributed by atoms with Crippen LogP contribution in [-0.4, -0.2) is 52.3 Å². The van der Waals surface area contributed by atoms with Gasteiger partial charge in [-0.2, -0.15) is 0 Å². The van der Waals surface area contributed by atoms with E-state index in [4.69, 9.17) is 4.74 Å². The van der Waals surface area contributed by atoms with Gasteiger partial charge in [0, 0.05) is 30.9 Å². The summed E-state index contributed by atoms with van der Waals surface area (Å²) in [6.45, 7) is 5.09. The topological polar surface area (TPSA) is 87.2 Å². The molecular weight excluding hydrogens is 476 g/mol. The molecule has 0 saturated carbocycles. The lowest BCUT2D eigenvalue weighted by Gasteiger charge is -2.29. The molecule has 0 spiro atoms. The lowest BCUT2D eigenvalue weighted by molar-refractivity contribution is -0.132. The predicted molar refractivity (Wildman–Crippen MR) is 141 cm³/mol. The van der Waals surface area contributed by atoms with Gasteiger partial charge in [0.2, 0.25) is 0 Å². The molecule has 0 amide bonds. The molecule has 0 atom stereocenters. The number of carbonyl (C=O) groups is 1. The van der Waals surface area contributed by atoms with Gasteiger partial charge in [-0.05, 0) is 72.5 Å². The molecule has 3 aromatic carbocycles. The zero-order chi connectivity index (χ0) is 25.3. The normalized spacial score (nSPS) is 16.2. The summed E-state index contributed by atoms with van der Waals surface area (Å²) in [5.74, 6) is -1.05. The van der Waals surface area contributed by atoms with E-state index < -0.39 is 16.0 Å². The van der Waals surface area contributed by atoms with E-state index >= 15 is 0 Å². The molecule has 1 N–H and O–H groups in total. The molecule has 0 unspecified atom stereocenters. The monoisotopic (exact) mass is 504 g/mol. The molecule has 0 bridgehead atoms. The van der Waals surface area contributed by atoms with Crippen LogP contribution in [-0.2, 0) is 19.6 Å². The number of morpholine rings is 1. The van der Waals surface area contributed by atoms with E-state index in [0.29, 0.717) is 24.5 Å². The van der Waals surface area contributed by atoms with Crippen molar-refractivity contribution in [1.82, 2.24) is 0 Å². The molecule has 0 aromatic heterocycles. The van der Waals surface area contributed by atoms with Gasteiger partial charge in [0.05, 0.1) is 23.8 Å². The van der Waals surface area contributed by atoms with Gasteiger partial charge >= 0.3 is 5.97 Å². The Balaban J connectivity index is 1.53. The largest absolute Gasteiger partial charge is 0.478 e. The number of aliphatic carboxylic acids is 1. The maximum atomic E-state index is 13.6. The summed E-state index contributed by atoms with van der Waals surface area (Å²) in [7, 11) is -3.87. The summed E-state index contributed by atoms with van der Waals surface area (Å²) in [4.78, 5) is 14.3. The number of nitrogens with zero attached hydrogens (tertiary/aromatic N) is 2. The minimum absolute atomic E-state index is 0.0505. The summed E-state index contributed by atoms with van der Waals surface area (Å²) in [5.41, 5.74) is 5.16. The zero-order valence-corrected chi connectivity index (χ0v) is 20.9. The number of hydrogen-bond acceptors (Lipinski definition) is 5. The number of sulfonamides is 1. The molecule has 7 nitrogen and oxygen atoms in total. The van der Waals surface area contributed by atoms with Crippen LogP contribution < -0.4 is 9.21 Å². The van der Waals surface area contributed by atoms with Crippen LogP contribution in [0.1, 0.15) is 17.5 Å². The van der Waals surface area contributed by atoms with Crippen molar-refractivity contribution in [3.8, 4) is 11.1 Å². The molecule has 186 valence electrons. The molecule has 0 radical (unpaired) electrons. The Morgan fingerprint density at radius 1 is 0.889 bits per heavy atom. The SMILES string of the molecule is Cc1ccc(S(=O)(=O)N2CCC(C(=O)O)=Cc3cc(-c4ccc(N5CCOCC5)cc4)ccc32)cc1. The first kappa shape index (κ1) is 24.1. The quantitative estimate of drug-likeness (QED) is 0.548. The Labute approximate surface area is 211 Å². The van der Waals surface area contributed by atoms with Crippen molar-refractivity contribution in [3.05, 3.63) is 83.4 Å². The minimum Gasteiger partial charge on any atom is -0.478 e. The van der Waals surface area contributed by atoms with Crippen molar-refractivity contribution < 1.29 is 23.1 Å². The second kappa shape index (κ2) is 9.79. The smallest absolute Gasteiger partial charge is 0.331 e. The van der Waals surface area contributed by atoms with Gasteiger partial charge in [0.25, 0.3) is 10.0 Å². The molecule has 2 heterocycles. The molecule has 3 aromatic rings. The van der Waals surface area contributed by atoms with Gasteiger partial charge in [-0.25, -0.2) is 13.2 Å². The third-order valence-corrected chi connectivity index (χ3v) is 8.50. The summed E-state index contributed by atoms with van der Waals surface area (Å²) in [5, 5.41) is 9.72. The van der Waals surface area contributed by atoms with E-state index in [-0.39, 0.29) is 23.4 Å². The van der Waals surface area contributed by atoms with Gasteiger partial charge in [0.15, 0.2) is 0 Å². The fourth-order valence-electron chi connectivity index (χ4n) is 4.62. The first-order valence-electron chi connectivity index (χ1n) is 11.9. The maximum absolute atomic E-state index is 13.6. The third-order valence-electron chi connectivity index (χ3n) is 6.67. The van der Waals surface area contributed by atoms with E-state index in [9.17, 15) is 18.3 Å². The number of hydrogen-bond donors (Lipinski definition) is 1. The number of rotatable bonds is 5. The van der Waals surface area contributed by atoms with Gasteiger partial charge in [-0.1, -0.05) is 35.9 Å². The molecule has 2 aliphatic heterocycles. The first-order chi connectivity index (χ1) is 17.3. The van der Waals surface area contributed by atoms with E-state index in [1.807, 2.05) is 31.2 Å². The lowest BCUT2D eigenvalue weighted by atomic mass is 10.00. The summed E-state index contributed by atoms with van der Waals surface area (Å²) in [6, 6.07) is 20.4. The highest BCUT2D eigenvalue weighted by Gasteiger charge is 2.29. The van der Waals surface area contributed by atoms with E-state index in [0.717, 1.165) is 35.5 Å². The number of ether oxygens (including phenoxy) is 1. The average Bonchev–Trinajstić information content (AvgIpc) is 3.09. The highest BCUT2D eigenvalue weighted by atomic mass is 32.2. The zero-order valence-electron chi connectivity index (χ0n) is 20.1. The number of fused-ring (bicyclic) bond motifs is 1. The fourth-order valence-corrected chi connectivity index (χ4v) is 6.11. The van der Waals surface area contributed by atoms with Crippen molar-refractivity contribution in [2.45, 2.75) is 18.2 Å². The van der Waals surface area contributed by atoms with Crippen molar-refractivity contribution in [3.63, 3.8) is 0 Å². The van der Waals surface area contributed by atoms with Crippen LogP contribution in [0.3, 0.4) is 0 Å². The van der Waals surface area contributed by atoms with Crippen LogP contribution in [0.15, 0.2) is 77.2 Å². The van der Waals surface area contributed by atoms with Gasteiger partial charge in [-0.15, -0.1) is 0 Å². The molecule has 36 heavy (non-hydrogen) atoms. The minimum atomic E-state index is -3.87. The van der Waals surface area contributed by atoms with Crippen LogP contribution in [0, 0.1) is 6.92 Å². The highest BCUT2D eigenvalue weighted by Crippen LogP contribution is 2.36. The van der Waals surface area contributed by atoms with Crippen LogP contribution in [0.25, 0.3) is 17.2 Å². The second-order valence-corrected chi connectivity index (χ2v) is 10.9. The van der Waals surface area contributed by atoms with Crippen LogP contribution >= 0.6 is 0 Å². The molecule has 8 heteroatoms. The van der Waals surface area contributed by atoms with E-state index in [1.54, 1.807) is 36.4 Å². The second-order valence-electron chi connectivity index (χ2n) is 9.03. The van der Waals surface area contributed by atoms with Gasteiger partial charge in [-0.3, -0.25) is 4.31 Å². The Hall–Kier alpha value is -3.62. The van der Waals surface area contributed by atoms with Crippen molar-refractivity contribution in [1.29, 1.82) is 0 Å². The lowest BCUT2D eigenvalue weighted by Crippen LogP contribution is -2.36. The molecule has 5 rings (SSSR count). The fraction of sp³-hybridized carbons (Fsp3) is 0.250. The summed E-state index contributed by atoms with van der Waals surface area (Å²) >= 11 is 0. The molecule has 0 aliphatic carbocycles. The molecule has 2 aliphatic rings. The highest BCUT2D eigenvalue weighted by molar-refractivity contribution is 7.92. The Morgan fingerprint density at radius 3 is 2.22 bits per heavy atom. The van der Waals surface area contributed by atoms with Crippen LogP contribution in [0.5, 0.6) is 0 Å². The van der Waals surface area contributed by atoms with Crippen LogP contribution in [0.2, 0.25) is 0 Å². The molecular formula is C28H28N2O5S. The van der Waals surface area contributed by atoms with Crippen molar-refractivity contribution in [2.75, 3.05) is 42.1 Å². The average molecular weight is 505 g/mol. The maximum Gasteiger partial charge on any atom is 0.331 e.